The standard InChI is InChI=1S/C15H20FN3O2/c1-2-14(20)18-11-5-7-19(8-6-11)15(21)12-4-3-10(17)9-13(12)16/h3-4,9,11H,2,5-8,17H2,1H3,(H,18,20). The molecule has 1 saturated heterocycles. The van der Waals surface area contributed by atoms with Crippen LogP contribution in [0.4, 0.5) is 10.1 Å². The van der Waals surface area contributed by atoms with Gasteiger partial charge in [0.1, 0.15) is 5.82 Å². The SMILES string of the molecule is CCC(=O)NC1CCN(C(=O)c2ccc(N)cc2F)CC1. The molecule has 1 aromatic carbocycles. The van der Waals surface area contributed by atoms with Gasteiger partial charge in [0.2, 0.25) is 5.91 Å². The van der Waals surface area contributed by atoms with E-state index in [1.807, 2.05) is 0 Å². The van der Waals surface area contributed by atoms with Crippen molar-refractivity contribution in [3.63, 3.8) is 0 Å². The molecule has 5 nitrogen and oxygen atoms in total. The molecule has 0 atom stereocenters. The number of hydrogen-bond donors (Lipinski definition) is 2. The molecule has 1 fully saturated rings. The van der Waals surface area contributed by atoms with Gasteiger partial charge in [-0.15, -0.1) is 0 Å². The Morgan fingerprint density at radius 2 is 2.05 bits per heavy atom. The topological polar surface area (TPSA) is 75.4 Å². The molecule has 2 amide bonds. The first-order valence-corrected chi connectivity index (χ1v) is 7.15. The average molecular weight is 293 g/mol. The van der Waals surface area contributed by atoms with E-state index in [0.29, 0.717) is 38.0 Å². The molecular formula is C15H20FN3O2. The second-order valence-corrected chi connectivity index (χ2v) is 5.23. The normalized spacial score (nSPS) is 15.8. The van der Waals surface area contributed by atoms with Crippen LogP contribution in [0.2, 0.25) is 0 Å². The zero-order valence-electron chi connectivity index (χ0n) is 12.1. The van der Waals surface area contributed by atoms with Crippen molar-refractivity contribution in [3.8, 4) is 0 Å². The zero-order valence-corrected chi connectivity index (χ0v) is 12.1. The van der Waals surface area contributed by atoms with Crippen molar-refractivity contribution in [1.82, 2.24) is 10.2 Å². The van der Waals surface area contributed by atoms with Crippen LogP contribution in [0.25, 0.3) is 0 Å². The Bertz CT molecular complexity index is 540. The van der Waals surface area contributed by atoms with Crippen molar-refractivity contribution in [2.75, 3.05) is 18.8 Å². The van der Waals surface area contributed by atoms with Crippen molar-refractivity contribution in [2.45, 2.75) is 32.2 Å². The molecule has 114 valence electrons. The first kappa shape index (κ1) is 15.3. The summed E-state index contributed by atoms with van der Waals surface area (Å²) < 4.78 is 13.8. The van der Waals surface area contributed by atoms with Crippen molar-refractivity contribution >= 4 is 17.5 Å². The molecule has 0 aromatic heterocycles. The number of likely N-dealkylation sites (tertiary alicyclic amines) is 1. The van der Waals surface area contributed by atoms with Crippen molar-refractivity contribution in [2.24, 2.45) is 0 Å². The number of halogens is 1. The largest absolute Gasteiger partial charge is 0.399 e. The van der Waals surface area contributed by atoms with Crippen molar-refractivity contribution < 1.29 is 14.0 Å². The van der Waals surface area contributed by atoms with Gasteiger partial charge in [-0.3, -0.25) is 9.59 Å². The number of carbonyl (C=O) groups excluding carboxylic acids is 2. The molecule has 0 aliphatic carbocycles. The molecule has 1 aliphatic rings. The van der Waals surface area contributed by atoms with Gasteiger partial charge in [-0.1, -0.05) is 6.92 Å². The van der Waals surface area contributed by atoms with Gasteiger partial charge in [-0.2, -0.15) is 0 Å². The summed E-state index contributed by atoms with van der Waals surface area (Å²) in [6.45, 7) is 2.83. The first-order chi connectivity index (χ1) is 10.0. The quantitative estimate of drug-likeness (QED) is 0.830. The monoisotopic (exact) mass is 293 g/mol. The molecule has 21 heavy (non-hydrogen) atoms. The predicted molar refractivity (Wildman–Crippen MR) is 78.2 cm³/mol. The van der Waals surface area contributed by atoms with Gasteiger partial charge in [0.25, 0.3) is 5.91 Å². The van der Waals surface area contributed by atoms with E-state index in [9.17, 15) is 14.0 Å². The molecule has 6 heteroatoms. The maximum Gasteiger partial charge on any atom is 0.256 e. The lowest BCUT2D eigenvalue weighted by Gasteiger charge is -2.32. The van der Waals surface area contributed by atoms with Gasteiger partial charge in [-0.05, 0) is 31.0 Å². The molecule has 2 rings (SSSR count). The van der Waals surface area contributed by atoms with E-state index in [1.54, 1.807) is 11.8 Å². The van der Waals surface area contributed by atoms with Crippen molar-refractivity contribution in [1.29, 1.82) is 0 Å². The van der Waals surface area contributed by atoms with E-state index in [2.05, 4.69) is 5.32 Å². The van der Waals surface area contributed by atoms with Crippen LogP contribution in [0.1, 0.15) is 36.5 Å². The van der Waals surface area contributed by atoms with Crippen LogP contribution in [-0.2, 0) is 4.79 Å². The summed E-state index contributed by atoms with van der Waals surface area (Å²) in [6.07, 6.45) is 1.83. The number of nitrogens with zero attached hydrogens (tertiary/aromatic N) is 1. The number of nitrogens with one attached hydrogen (secondary N) is 1. The Morgan fingerprint density at radius 1 is 1.38 bits per heavy atom. The number of piperidine rings is 1. The number of anilines is 1. The number of hydrogen-bond acceptors (Lipinski definition) is 3. The van der Waals surface area contributed by atoms with Gasteiger partial charge in [0, 0.05) is 31.2 Å². The first-order valence-electron chi connectivity index (χ1n) is 7.15. The number of nitrogen functional groups attached to an aromatic ring is 1. The van der Waals surface area contributed by atoms with Crippen LogP contribution in [0.15, 0.2) is 18.2 Å². The molecule has 0 radical (unpaired) electrons. The van der Waals surface area contributed by atoms with Gasteiger partial charge in [0.15, 0.2) is 0 Å². The molecule has 1 aliphatic heterocycles. The zero-order chi connectivity index (χ0) is 15.4. The second kappa shape index (κ2) is 6.56. The Kier molecular flexibility index (Phi) is 4.77. The Balaban J connectivity index is 1.95. The Hall–Kier alpha value is -2.11. The van der Waals surface area contributed by atoms with E-state index >= 15 is 0 Å². The van der Waals surface area contributed by atoms with Crippen LogP contribution in [-0.4, -0.2) is 35.8 Å². The minimum absolute atomic E-state index is 0.0179. The third-order valence-corrected chi connectivity index (χ3v) is 3.69. The minimum atomic E-state index is -0.596. The number of amides is 2. The van der Waals surface area contributed by atoms with Gasteiger partial charge >= 0.3 is 0 Å². The molecule has 0 unspecified atom stereocenters. The highest BCUT2D eigenvalue weighted by Crippen LogP contribution is 2.18. The summed E-state index contributed by atoms with van der Waals surface area (Å²) >= 11 is 0. The summed E-state index contributed by atoms with van der Waals surface area (Å²) in [5.41, 5.74) is 5.82. The summed E-state index contributed by atoms with van der Waals surface area (Å²) in [5, 5.41) is 2.92. The van der Waals surface area contributed by atoms with E-state index in [1.165, 1.54) is 12.1 Å². The lowest BCUT2D eigenvalue weighted by Crippen LogP contribution is -2.46. The highest BCUT2D eigenvalue weighted by atomic mass is 19.1. The Labute approximate surface area is 123 Å². The third kappa shape index (κ3) is 3.71. The summed E-state index contributed by atoms with van der Waals surface area (Å²) in [4.78, 5) is 25.2. The fourth-order valence-corrected chi connectivity index (χ4v) is 2.43. The summed E-state index contributed by atoms with van der Waals surface area (Å²) in [7, 11) is 0. The molecule has 0 bridgehead atoms. The van der Waals surface area contributed by atoms with E-state index in [0.717, 1.165) is 6.07 Å². The van der Waals surface area contributed by atoms with Crippen LogP contribution in [0, 0.1) is 5.82 Å². The molecule has 1 aromatic rings. The highest BCUT2D eigenvalue weighted by Gasteiger charge is 2.25. The van der Waals surface area contributed by atoms with E-state index < -0.39 is 5.82 Å². The predicted octanol–water partition coefficient (Wildman–Crippen LogP) is 1.54. The maximum atomic E-state index is 13.8. The molecule has 0 saturated carbocycles. The molecule has 0 spiro atoms. The average Bonchev–Trinajstić information content (AvgIpc) is 2.47. The summed E-state index contributed by atoms with van der Waals surface area (Å²) in [6, 6.07) is 4.18. The number of benzene rings is 1. The lowest BCUT2D eigenvalue weighted by molar-refractivity contribution is -0.121. The number of nitrogens with two attached hydrogens (primary N) is 1. The minimum Gasteiger partial charge on any atom is -0.399 e. The van der Waals surface area contributed by atoms with E-state index in [4.69, 9.17) is 5.73 Å². The summed E-state index contributed by atoms with van der Waals surface area (Å²) in [5.74, 6) is -0.904. The second-order valence-electron chi connectivity index (χ2n) is 5.23. The van der Waals surface area contributed by atoms with E-state index in [-0.39, 0.29) is 23.4 Å². The lowest BCUT2D eigenvalue weighted by atomic mass is 10.0. The van der Waals surface area contributed by atoms with Gasteiger partial charge in [-0.25, -0.2) is 4.39 Å². The third-order valence-electron chi connectivity index (χ3n) is 3.69. The van der Waals surface area contributed by atoms with Crippen LogP contribution in [0.5, 0.6) is 0 Å². The van der Waals surface area contributed by atoms with Crippen LogP contribution in [0.3, 0.4) is 0 Å². The number of carbonyl (C=O) groups is 2. The highest BCUT2D eigenvalue weighted by molar-refractivity contribution is 5.95. The van der Waals surface area contributed by atoms with Crippen LogP contribution < -0.4 is 11.1 Å². The van der Waals surface area contributed by atoms with Crippen molar-refractivity contribution in [3.05, 3.63) is 29.6 Å². The number of rotatable bonds is 3. The molecular weight excluding hydrogens is 273 g/mol. The smallest absolute Gasteiger partial charge is 0.256 e. The Morgan fingerprint density at radius 3 is 2.62 bits per heavy atom. The maximum absolute atomic E-state index is 13.8. The molecule has 1 heterocycles. The van der Waals surface area contributed by atoms with Crippen LogP contribution >= 0.6 is 0 Å². The van der Waals surface area contributed by atoms with Gasteiger partial charge in [0.05, 0.1) is 5.56 Å². The fraction of sp³-hybridized carbons (Fsp3) is 0.467. The van der Waals surface area contributed by atoms with Gasteiger partial charge < -0.3 is 16.0 Å². The fourth-order valence-electron chi connectivity index (χ4n) is 2.43. The molecule has 3 N–H and O–H groups in total.